The van der Waals surface area contributed by atoms with Gasteiger partial charge in [0.05, 0.1) is 17.2 Å². The van der Waals surface area contributed by atoms with E-state index in [2.05, 4.69) is 26.1 Å². The summed E-state index contributed by atoms with van der Waals surface area (Å²) in [5.74, 6) is 0. The third-order valence-electron chi connectivity index (χ3n) is 1.12. The molecular weight excluding hydrogens is 192 g/mol. The molecule has 1 aromatic carbocycles. The van der Waals surface area contributed by atoms with E-state index in [9.17, 15) is 0 Å². The Bertz CT molecular complexity index is 522. The Morgan fingerprint density at radius 1 is 1.60 bits per heavy atom. The average molecular weight is 201 g/mol. The molecule has 1 heterocycles. The lowest BCUT2D eigenvalue weighted by Gasteiger charge is -1.87. The van der Waals surface area contributed by atoms with Crippen LogP contribution in [-0.4, -0.2) is 10.2 Å². The maximum Gasteiger partial charge on any atom is 0.0866 e. The van der Waals surface area contributed by atoms with E-state index in [4.69, 9.17) is 5.48 Å². The van der Waals surface area contributed by atoms with Gasteiger partial charge in [-0.25, -0.2) is 0 Å². The Kier molecular flexibility index (Phi) is 0.638. The predicted molar refractivity (Wildman–Crippen MR) is 43.8 cm³/mol. The van der Waals surface area contributed by atoms with Crippen LogP contribution < -0.4 is 0 Å². The molecule has 10 heavy (non-hydrogen) atoms. The molecule has 0 atom stereocenters. The van der Waals surface area contributed by atoms with Crippen LogP contribution in [-0.2, 0) is 0 Å². The summed E-state index contributed by atoms with van der Waals surface area (Å²) in [4.78, 5) is 0. The summed E-state index contributed by atoms with van der Waals surface area (Å²) < 4.78 is 30.4. The van der Waals surface area contributed by atoms with Gasteiger partial charge in [0.1, 0.15) is 0 Å². The maximum atomic E-state index is 7.65. The van der Waals surface area contributed by atoms with Gasteiger partial charge in [-0.1, -0.05) is 15.9 Å². The van der Waals surface area contributed by atoms with E-state index in [1.807, 2.05) is 0 Å². The van der Waals surface area contributed by atoms with E-state index in [1.165, 1.54) is 0 Å². The lowest BCUT2D eigenvalue weighted by molar-refractivity contribution is 1.12. The number of nitrogens with zero attached hydrogens (tertiary/aromatic N) is 1. The van der Waals surface area contributed by atoms with Crippen molar-refractivity contribution in [1.29, 1.82) is 0 Å². The quantitative estimate of drug-likeness (QED) is 0.696. The largest absolute Gasteiger partial charge is 0.278 e. The average Bonchev–Trinajstić information content (AvgIpc) is 2.54. The SMILES string of the molecule is [2H]c1c(Br)c([2H])c2c([2H])n[nH]c2c1[2H]. The molecule has 0 aliphatic heterocycles. The van der Waals surface area contributed by atoms with Crippen molar-refractivity contribution >= 4 is 26.8 Å². The van der Waals surface area contributed by atoms with Crippen molar-refractivity contribution in [1.82, 2.24) is 10.2 Å². The molecule has 0 bridgehead atoms. The van der Waals surface area contributed by atoms with Gasteiger partial charge < -0.3 is 0 Å². The fourth-order valence-electron chi connectivity index (χ4n) is 0.691. The first-order valence-corrected chi connectivity index (χ1v) is 3.43. The molecule has 0 spiro atoms. The number of hydrogen-bond acceptors (Lipinski definition) is 1. The lowest BCUT2D eigenvalue weighted by Crippen LogP contribution is -1.66. The molecule has 1 aromatic heterocycles. The predicted octanol–water partition coefficient (Wildman–Crippen LogP) is 2.33. The highest BCUT2D eigenvalue weighted by molar-refractivity contribution is 9.10. The minimum absolute atomic E-state index is 0.0275. The van der Waals surface area contributed by atoms with Crippen molar-refractivity contribution in [2.24, 2.45) is 0 Å². The van der Waals surface area contributed by atoms with E-state index in [1.54, 1.807) is 0 Å². The van der Waals surface area contributed by atoms with Crippen LogP contribution in [0.5, 0.6) is 0 Å². The van der Waals surface area contributed by atoms with Crippen LogP contribution in [0, 0.1) is 0 Å². The summed E-state index contributed by atoms with van der Waals surface area (Å²) in [6, 6.07) is -0.0835. The Morgan fingerprint density at radius 3 is 3.40 bits per heavy atom. The molecule has 50 valence electrons. The molecule has 0 aliphatic rings. The zero-order valence-corrected chi connectivity index (χ0v) is 6.41. The highest BCUT2D eigenvalue weighted by atomic mass is 79.9. The molecule has 0 saturated heterocycles. The molecule has 0 saturated carbocycles. The van der Waals surface area contributed by atoms with Crippen molar-refractivity contribution in [3.63, 3.8) is 0 Å². The summed E-state index contributed by atoms with van der Waals surface area (Å²) in [6.07, 6.45) is -0.0702. The van der Waals surface area contributed by atoms with Crippen LogP contribution in [0.4, 0.5) is 0 Å². The number of nitrogens with one attached hydrogen (secondary N) is 1. The van der Waals surface area contributed by atoms with E-state index >= 15 is 0 Å². The van der Waals surface area contributed by atoms with Gasteiger partial charge in [-0.3, -0.25) is 5.10 Å². The van der Waals surface area contributed by atoms with E-state index in [0.717, 1.165) is 0 Å². The van der Waals surface area contributed by atoms with Gasteiger partial charge in [-0.2, -0.15) is 5.10 Å². The minimum Gasteiger partial charge on any atom is -0.278 e. The normalized spacial score (nSPS) is 16.1. The number of aromatic nitrogens is 2. The van der Waals surface area contributed by atoms with Crippen molar-refractivity contribution in [2.75, 3.05) is 0 Å². The first-order chi connectivity index (χ1) is 6.54. The number of hydrogen-bond donors (Lipinski definition) is 1. The summed E-state index contributed by atoms with van der Waals surface area (Å²) in [5.41, 5.74) is 0.271. The van der Waals surface area contributed by atoms with Crippen molar-refractivity contribution in [2.45, 2.75) is 0 Å². The first kappa shape index (κ1) is 3.05. The van der Waals surface area contributed by atoms with Gasteiger partial charge in [0.2, 0.25) is 0 Å². The molecule has 2 rings (SSSR count). The van der Waals surface area contributed by atoms with Crippen molar-refractivity contribution < 1.29 is 5.48 Å². The van der Waals surface area contributed by atoms with Crippen LogP contribution in [0.3, 0.4) is 0 Å². The topological polar surface area (TPSA) is 28.7 Å². The second-order valence-corrected chi connectivity index (χ2v) is 2.57. The Labute approximate surface area is 72.0 Å². The Morgan fingerprint density at radius 2 is 2.50 bits per heavy atom. The van der Waals surface area contributed by atoms with Crippen LogP contribution in [0.1, 0.15) is 5.48 Å². The van der Waals surface area contributed by atoms with Gasteiger partial charge in [-0.05, 0) is 18.1 Å². The Hall–Kier alpha value is -0.830. The van der Waals surface area contributed by atoms with Gasteiger partial charge >= 0.3 is 0 Å². The molecule has 0 amide bonds. The standard InChI is InChI=1S/C7H5BrN2/c8-6-1-2-7-5(3-6)4-9-10-7/h1-4H,(H,9,10)/i1D,2D,3D,4D. The molecule has 0 radical (unpaired) electrons. The third kappa shape index (κ3) is 0.827. The number of H-pyrrole nitrogens is 1. The highest BCUT2D eigenvalue weighted by Crippen LogP contribution is 2.16. The summed E-state index contributed by atoms with van der Waals surface area (Å²) in [6.45, 7) is 0. The second-order valence-electron chi connectivity index (χ2n) is 1.77. The van der Waals surface area contributed by atoms with Gasteiger partial charge in [0.15, 0.2) is 0 Å². The summed E-state index contributed by atoms with van der Waals surface area (Å²) in [7, 11) is 0. The summed E-state index contributed by atoms with van der Waals surface area (Å²) in [5, 5.41) is 6.35. The van der Waals surface area contributed by atoms with Crippen LogP contribution in [0.25, 0.3) is 10.9 Å². The van der Waals surface area contributed by atoms with Gasteiger partial charge in [-0.15, -0.1) is 0 Å². The van der Waals surface area contributed by atoms with Gasteiger partial charge in [0.25, 0.3) is 0 Å². The van der Waals surface area contributed by atoms with Crippen molar-refractivity contribution in [3.05, 3.63) is 28.8 Å². The Balaban J connectivity index is 3.05. The fourth-order valence-corrected chi connectivity index (χ4v) is 0.988. The summed E-state index contributed by atoms with van der Waals surface area (Å²) >= 11 is 3.05. The minimum atomic E-state index is -0.0702. The number of fused-ring (bicyclic) bond motifs is 1. The fraction of sp³-hybridized carbons (Fsp3) is 0. The van der Waals surface area contributed by atoms with Crippen LogP contribution >= 0.6 is 15.9 Å². The van der Waals surface area contributed by atoms with Crippen LogP contribution in [0.15, 0.2) is 28.8 Å². The molecule has 1 N–H and O–H groups in total. The molecule has 2 aromatic rings. The third-order valence-corrected chi connectivity index (χ3v) is 1.51. The van der Waals surface area contributed by atoms with Gasteiger partial charge in [0, 0.05) is 9.86 Å². The molecule has 0 unspecified atom stereocenters. The van der Waals surface area contributed by atoms with E-state index < -0.39 is 0 Å². The zero-order chi connectivity index (χ0) is 10.5. The van der Waals surface area contributed by atoms with Crippen LogP contribution in [0.2, 0.25) is 0 Å². The zero-order valence-electron chi connectivity index (χ0n) is 8.83. The monoisotopic (exact) mass is 200 g/mol. The molecule has 0 fully saturated rings. The first-order valence-electron chi connectivity index (χ1n) is 4.64. The number of halogens is 1. The van der Waals surface area contributed by atoms with E-state index in [0.29, 0.717) is 0 Å². The number of benzene rings is 1. The lowest BCUT2D eigenvalue weighted by atomic mass is 10.3. The molecule has 3 heteroatoms. The smallest absolute Gasteiger partial charge is 0.0866 e. The number of aromatic amines is 1. The van der Waals surface area contributed by atoms with E-state index in [-0.39, 0.29) is 39.7 Å². The number of rotatable bonds is 0. The molecule has 0 aliphatic carbocycles. The second kappa shape index (κ2) is 2.09. The molecular formula is C7H5BrN2. The maximum absolute atomic E-state index is 7.65. The van der Waals surface area contributed by atoms with Crippen molar-refractivity contribution in [3.8, 4) is 0 Å². The highest BCUT2D eigenvalue weighted by Gasteiger charge is 1.93. The molecule has 2 nitrogen and oxygen atoms in total.